The molecule has 3 aliphatic rings. The number of hydrogen-bond donors (Lipinski definition) is 2. The highest BCUT2D eigenvalue weighted by Gasteiger charge is 2.39. The van der Waals surface area contributed by atoms with Crippen molar-refractivity contribution in [1.29, 1.82) is 0 Å². The van der Waals surface area contributed by atoms with E-state index >= 15 is 0 Å². The average molecular weight is 553 g/mol. The molecule has 3 aliphatic heterocycles. The van der Waals surface area contributed by atoms with Crippen LogP contribution in [-0.4, -0.2) is 58.8 Å². The molecule has 0 aromatic heterocycles. The van der Waals surface area contributed by atoms with Crippen LogP contribution in [0.3, 0.4) is 0 Å². The van der Waals surface area contributed by atoms with Gasteiger partial charge in [-0.05, 0) is 54.7 Å². The van der Waals surface area contributed by atoms with Crippen LogP contribution in [0.1, 0.15) is 59.3 Å². The first-order valence-corrected chi connectivity index (χ1v) is 14.5. The lowest BCUT2D eigenvalue weighted by Crippen LogP contribution is -2.55. The number of benzene rings is 3. The van der Waals surface area contributed by atoms with Gasteiger partial charge in [0.1, 0.15) is 17.9 Å². The molecule has 3 amide bonds. The summed E-state index contributed by atoms with van der Waals surface area (Å²) in [6, 6.07) is 26.3. The van der Waals surface area contributed by atoms with E-state index in [0.717, 1.165) is 31.6 Å². The normalized spacial score (nSPS) is 23.7. The van der Waals surface area contributed by atoms with Crippen LogP contribution in [0, 0.1) is 0 Å². The number of imide groups is 1. The summed E-state index contributed by atoms with van der Waals surface area (Å²) in [5.74, 6) is -0.151. The third-order valence-corrected chi connectivity index (χ3v) is 8.61. The Hall–Kier alpha value is -4.01. The van der Waals surface area contributed by atoms with Gasteiger partial charge in [-0.3, -0.25) is 24.6 Å². The summed E-state index contributed by atoms with van der Waals surface area (Å²) in [6.07, 6.45) is 1.43. The standard InChI is InChI=1S/C33H36N4O4/c1-22(24-10-6-3-7-11-24)36-17-16-28(34-19-23-8-4-2-5-9-23)30(21-36)41-26-12-13-27-25(18-26)20-37(33(27)40)29-14-15-31(38)35-32(29)39/h2-13,18,22,28-30,34H,14-17,19-21H2,1H3,(H,35,38,39)/t22-,28?,29?,30+/m1/s1. The Bertz CT molecular complexity index is 1410. The predicted octanol–water partition coefficient (Wildman–Crippen LogP) is 3.82. The van der Waals surface area contributed by atoms with Gasteiger partial charge in [0.2, 0.25) is 11.8 Å². The molecule has 0 aliphatic carbocycles. The minimum Gasteiger partial charge on any atom is -0.487 e. The summed E-state index contributed by atoms with van der Waals surface area (Å²) in [5.41, 5.74) is 3.95. The lowest BCUT2D eigenvalue weighted by Gasteiger charge is -2.41. The Balaban J connectivity index is 1.19. The predicted molar refractivity (Wildman–Crippen MR) is 155 cm³/mol. The highest BCUT2D eigenvalue weighted by atomic mass is 16.5. The largest absolute Gasteiger partial charge is 0.487 e. The molecule has 2 unspecified atom stereocenters. The van der Waals surface area contributed by atoms with Crippen molar-refractivity contribution in [3.8, 4) is 5.75 Å². The molecule has 3 heterocycles. The summed E-state index contributed by atoms with van der Waals surface area (Å²) < 4.78 is 6.69. The van der Waals surface area contributed by atoms with Crippen molar-refractivity contribution in [2.24, 2.45) is 0 Å². The summed E-state index contributed by atoms with van der Waals surface area (Å²) in [4.78, 5) is 41.3. The monoisotopic (exact) mass is 552 g/mol. The highest BCUT2D eigenvalue weighted by molar-refractivity contribution is 6.05. The van der Waals surface area contributed by atoms with E-state index in [1.165, 1.54) is 11.1 Å². The second kappa shape index (κ2) is 11.8. The van der Waals surface area contributed by atoms with Crippen LogP contribution < -0.4 is 15.4 Å². The summed E-state index contributed by atoms with van der Waals surface area (Å²) in [7, 11) is 0. The Kier molecular flexibility index (Phi) is 7.85. The lowest BCUT2D eigenvalue weighted by atomic mass is 9.97. The second-order valence-corrected chi connectivity index (χ2v) is 11.2. The van der Waals surface area contributed by atoms with Gasteiger partial charge in [0, 0.05) is 50.2 Å². The summed E-state index contributed by atoms with van der Waals surface area (Å²) >= 11 is 0. The molecule has 0 spiro atoms. The van der Waals surface area contributed by atoms with Crippen LogP contribution in [0.25, 0.3) is 0 Å². The molecule has 8 heteroatoms. The molecule has 2 saturated heterocycles. The van der Waals surface area contributed by atoms with Gasteiger partial charge in [0.15, 0.2) is 0 Å². The number of fused-ring (bicyclic) bond motifs is 1. The van der Waals surface area contributed by atoms with Crippen molar-refractivity contribution < 1.29 is 19.1 Å². The number of piperidine rings is 2. The van der Waals surface area contributed by atoms with Gasteiger partial charge in [-0.15, -0.1) is 0 Å². The van der Waals surface area contributed by atoms with E-state index < -0.39 is 11.9 Å². The molecule has 0 radical (unpaired) electrons. The SMILES string of the molecule is C[C@H](c1ccccc1)N1CCC(NCc2ccccc2)[C@@H](Oc2ccc3c(c2)CN(C2CCC(=O)NC2=O)C3=O)C1. The van der Waals surface area contributed by atoms with Gasteiger partial charge >= 0.3 is 0 Å². The molecule has 0 saturated carbocycles. The van der Waals surface area contributed by atoms with Crippen molar-refractivity contribution >= 4 is 17.7 Å². The minimum absolute atomic E-state index is 0.0972. The number of nitrogens with zero attached hydrogens (tertiary/aromatic N) is 2. The van der Waals surface area contributed by atoms with Gasteiger partial charge in [-0.25, -0.2) is 0 Å². The maximum atomic E-state index is 13.2. The van der Waals surface area contributed by atoms with E-state index in [4.69, 9.17) is 4.74 Å². The van der Waals surface area contributed by atoms with Crippen LogP contribution in [0.5, 0.6) is 5.75 Å². The molecule has 6 rings (SSSR count). The van der Waals surface area contributed by atoms with Crippen LogP contribution in [0.15, 0.2) is 78.9 Å². The van der Waals surface area contributed by atoms with Crippen molar-refractivity contribution in [1.82, 2.24) is 20.4 Å². The number of amides is 3. The second-order valence-electron chi connectivity index (χ2n) is 11.2. The van der Waals surface area contributed by atoms with Crippen molar-refractivity contribution in [2.75, 3.05) is 13.1 Å². The molecular formula is C33H36N4O4. The van der Waals surface area contributed by atoms with E-state index in [-0.39, 0.29) is 36.4 Å². The topological polar surface area (TPSA) is 91.0 Å². The molecule has 2 N–H and O–H groups in total. The lowest BCUT2D eigenvalue weighted by molar-refractivity contribution is -0.136. The smallest absolute Gasteiger partial charge is 0.255 e. The molecule has 4 atom stereocenters. The van der Waals surface area contributed by atoms with Crippen molar-refractivity contribution in [3.05, 3.63) is 101 Å². The van der Waals surface area contributed by atoms with Crippen LogP contribution in [0.2, 0.25) is 0 Å². The maximum Gasteiger partial charge on any atom is 0.255 e. The van der Waals surface area contributed by atoms with E-state index in [0.29, 0.717) is 24.3 Å². The van der Waals surface area contributed by atoms with Gasteiger partial charge in [-0.2, -0.15) is 0 Å². The van der Waals surface area contributed by atoms with Crippen LogP contribution >= 0.6 is 0 Å². The fourth-order valence-corrected chi connectivity index (χ4v) is 6.23. The van der Waals surface area contributed by atoms with E-state index in [1.54, 1.807) is 11.0 Å². The maximum absolute atomic E-state index is 13.2. The number of carbonyl (C=O) groups is 3. The Morgan fingerprint density at radius 1 is 0.976 bits per heavy atom. The molecule has 2 fully saturated rings. The van der Waals surface area contributed by atoms with Gasteiger partial charge < -0.3 is 15.0 Å². The van der Waals surface area contributed by atoms with Crippen molar-refractivity contribution in [3.63, 3.8) is 0 Å². The first-order chi connectivity index (χ1) is 20.0. The number of rotatable bonds is 8. The van der Waals surface area contributed by atoms with Gasteiger partial charge in [-0.1, -0.05) is 60.7 Å². The summed E-state index contributed by atoms with van der Waals surface area (Å²) in [5, 5.41) is 6.10. The molecule has 212 valence electrons. The summed E-state index contributed by atoms with van der Waals surface area (Å²) in [6.45, 7) is 5.06. The van der Waals surface area contributed by atoms with Crippen LogP contribution in [0.4, 0.5) is 0 Å². The Morgan fingerprint density at radius 2 is 1.73 bits per heavy atom. The average Bonchev–Trinajstić information content (AvgIpc) is 3.32. The number of ether oxygens (including phenoxy) is 1. The van der Waals surface area contributed by atoms with E-state index in [2.05, 4.69) is 71.0 Å². The van der Waals surface area contributed by atoms with Gasteiger partial charge in [0.25, 0.3) is 5.91 Å². The zero-order valence-electron chi connectivity index (χ0n) is 23.3. The molecule has 0 bridgehead atoms. The zero-order valence-corrected chi connectivity index (χ0v) is 23.3. The number of carbonyl (C=O) groups excluding carboxylic acids is 3. The number of nitrogens with one attached hydrogen (secondary N) is 2. The first kappa shape index (κ1) is 27.2. The molecule has 41 heavy (non-hydrogen) atoms. The fraction of sp³-hybridized carbons (Fsp3) is 0.364. The van der Waals surface area contributed by atoms with E-state index in [9.17, 15) is 14.4 Å². The number of hydrogen-bond acceptors (Lipinski definition) is 6. The third-order valence-electron chi connectivity index (χ3n) is 8.61. The fourth-order valence-electron chi connectivity index (χ4n) is 6.23. The highest BCUT2D eigenvalue weighted by Crippen LogP contribution is 2.32. The molecule has 3 aromatic carbocycles. The zero-order chi connectivity index (χ0) is 28.3. The van der Waals surface area contributed by atoms with E-state index in [1.807, 2.05) is 24.3 Å². The Labute approximate surface area is 240 Å². The van der Waals surface area contributed by atoms with Gasteiger partial charge in [0.05, 0.1) is 0 Å². The number of likely N-dealkylation sites (tertiary alicyclic amines) is 1. The quantitative estimate of drug-likeness (QED) is 0.413. The molecular weight excluding hydrogens is 516 g/mol. The molecule has 3 aromatic rings. The Morgan fingerprint density at radius 3 is 2.49 bits per heavy atom. The van der Waals surface area contributed by atoms with Crippen LogP contribution in [-0.2, 0) is 22.7 Å². The third kappa shape index (κ3) is 5.89. The first-order valence-electron chi connectivity index (χ1n) is 14.5. The molecule has 8 nitrogen and oxygen atoms in total. The van der Waals surface area contributed by atoms with Crippen molar-refractivity contribution in [2.45, 2.75) is 63.5 Å². The minimum atomic E-state index is -0.630.